The minimum absolute atomic E-state index is 0.477. The Balaban J connectivity index is 1.49. The molecule has 6 heteroatoms. The van der Waals surface area contributed by atoms with Crippen molar-refractivity contribution in [3.05, 3.63) is 17.0 Å². The van der Waals surface area contributed by atoms with Gasteiger partial charge in [0.15, 0.2) is 5.96 Å². The van der Waals surface area contributed by atoms with Gasteiger partial charge < -0.3 is 14.7 Å². The lowest BCUT2D eigenvalue weighted by molar-refractivity contribution is 0.293. The average Bonchev–Trinajstić information content (AvgIpc) is 2.94. The van der Waals surface area contributed by atoms with E-state index in [0.29, 0.717) is 4.75 Å². The summed E-state index contributed by atoms with van der Waals surface area (Å²) in [6.45, 7) is 7.22. The molecule has 1 N–H and O–H groups in total. The average molecular weight is 365 g/mol. The molecule has 140 valence electrons. The second-order valence-electron chi connectivity index (χ2n) is 7.39. The fourth-order valence-corrected chi connectivity index (χ4v) is 5.75. The second-order valence-corrected chi connectivity index (χ2v) is 8.96. The number of nitrogens with zero attached hydrogens (tertiary/aromatic N) is 3. The molecule has 2 aliphatic rings. The van der Waals surface area contributed by atoms with Crippen LogP contribution >= 0.6 is 11.8 Å². The smallest absolute Gasteiger partial charge is 0.193 e. The maximum Gasteiger partial charge on any atom is 0.193 e. The first-order valence-electron chi connectivity index (χ1n) is 9.65. The lowest BCUT2D eigenvalue weighted by atomic mass is 9.87. The summed E-state index contributed by atoms with van der Waals surface area (Å²) >= 11 is 2.21. The van der Waals surface area contributed by atoms with Crippen LogP contribution in [0.5, 0.6) is 0 Å². The predicted molar refractivity (Wildman–Crippen MR) is 106 cm³/mol. The van der Waals surface area contributed by atoms with Crippen molar-refractivity contribution in [1.82, 2.24) is 15.4 Å². The van der Waals surface area contributed by atoms with Crippen molar-refractivity contribution in [2.75, 3.05) is 32.4 Å². The molecule has 0 radical (unpaired) electrons. The minimum atomic E-state index is 0.477. The molecule has 0 bridgehead atoms. The summed E-state index contributed by atoms with van der Waals surface area (Å²) in [5.41, 5.74) is 2.28. The fraction of sp³-hybridized carbons (Fsp3) is 0.789. The number of guanidine groups is 1. The summed E-state index contributed by atoms with van der Waals surface area (Å²) in [5.74, 6) is 3.25. The first-order valence-corrected chi connectivity index (χ1v) is 10.6. The number of hydrogen-bond acceptors (Lipinski definition) is 4. The van der Waals surface area contributed by atoms with Gasteiger partial charge in [0.2, 0.25) is 0 Å². The van der Waals surface area contributed by atoms with Crippen molar-refractivity contribution in [2.24, 2.45) is 4.99 Å². The van der Waals surface area contributed by atoms with Crippen molar-refractivity contribution < 1.29 is 4.52 Å². The Bertz CT molecular complexity index is 567. The third-order valence-electron chi connectivity index (χ3n) is 5.59. The van der Waals surface area contributed by atoms with Gasteiger partial charge in [0, 0.05) is 42.7 Å². The van der Waals surface area contributed by atoms with Gasteiger partial charge in [-0.1, -0.05) is 24.4 Å². The Kier molecular flexibility index (Phi) is 6.31. The van der Waals surface area contributed by atoms with Crippen LogP contribution in [0.25, 0.3) is 0 Å². The first-order chi connectivity index (χ1) is 12.1. The van der Waals surface area contributed by atoms with Gasteiger partial charge in [0.05, 0.1) is 5.69 Å². The van der Waals surface area contributed by atoms with Crippen molar-refractivity contribution in [2.45, 2.75) is 63.5 Å². The molecule has 1 saturated carbocycles. The number of nitrogens with one attached hydrogen (secondary N) is 1. The molecule has 1 aliphatic carbocycles. The van der Waals surface area contributed by atoms with E-state index in [9.17, 15) is 0 Å². The molecule has 1 saturated heterocycles. The van der Waals surface area contributed by atoms with Crippen LogP contribution in [0, 0.1) is 13.8 Å². The van der Waals surface area contributed by atoms with Gasteiger partial charge in [0.1, 0.15) is 5.76 Å². The summed E-state index contributed by atoms with van der Waals surface area (Å²) in [6.07, 6.45) is 9.01. The van der Waals surface area contributed by atoms with E-state index in [2.05, 4.69) is 32.1 Å². The van der Waals surface area contributed by atoms with Crippen molar-refractivity contribution in [3.63, 3.8) is 0 Å². The summed E-state index contributed by atoms with van der Waals surface area (Å²) in [5, 5.41) is 7.62. The molecule has 0 amide bonds. The topological polar surface area (TPSA) is 53.7 Å². The summed E-state index contributed by atoms with van der Waals surface area (Å²) < 4.78 is 5.73. The largest absolute Gasteiger partial charge is 0.361 e. The molecule has 0 atom stereocenters. The number of aromatic nitrogens is 1. The molecule has 1 aliphatic heterocycles. The van der Waals surface area contributed by atoms with Crippen LogP contribution in [0.15, 0.2) is 9.52 Å². The van der Waals surface area contributed by atoms with E-state index in [4.69, 9.17) is 4.52 Å². The highest BCUT2D eigenvalue weighted by Gasteiger charge is 2.38. The van der Waals surface area contributed by atoms with E-state index in [0.717, 1.165) is 49.9 Å². The van der Waals surface area contributed by atoms with E-state index < -0.39 is 0 Å². The third-order valence-corrected chi connectivity index (χ3v) is 7.13. The zero-order chi connectivity index (χ0) is 17.7. The van der Waals surface area contributed by atoms with Crippen LogP contribution < -0.4 is 5.32 Å². The Morgan fingerprint density at radius 3 is 2.80 bits per heavy atom. The molecule has 2 heterocycles. The van der Waals surface area contributed by atoms with E-state index in [1.54, 1.807) is 0 Å². The molecule has 1 aromatic rings. The molecule has 3 rings (SSSR count). The lowest BCUT2D eigenvalue weighted by Gasteiger charge is -2.45. The van der Waals surface area contributed by atoms with E-state index >= 15 is 0 Å². The van der Waals surface area contributed by atoms with Crippen LogP contribution in [0.2, 0.25) is 0 Å². The fourth-order valence-electron chi connectivity index (χ4n) is 4.18. The number of rotatable bonds is 4. The molecule has 5 nitrogen and oxygen atoms in total. The third kappa shape index (κ3) is 4.52. The monoisotopic (exact) mass is 364 g/mol. The second kappa shape index (κ2) is 8.47. The molecule has 0 aromatic carbocycles. The zero-order valence-corrected chi connectivity index (χ0v) is 16.8. The van der Waals surface area contributed by atoms with Gasteiger partial charge in [-0.3, -0.25) is 4.99 Å². The summed E-state index contributed by atoms with van der Waals surface area (Å²) in [4.78, 5) is 7.03. The number of hydrogen-bond donors (Lipinski definition) is 1. The van der Waals surface area contributed by atoms with Crippen LogP contribution in [-0.4, -0.2) is 53.2 Å². The highest BCUT2D eigenvalue weighted by molar-refractivity contribution is 8.00. The molecular formula is C19H32N4OS. The molecule has 1 spiro atoms. The number of aliphatic imine (C=N–C) groups is 1. The van der Waals surface area contributed by atoms with Gasteiger partial charge in [-0.25, -0.2) is 0 Å². The molecular weight excluding hydrogens is 332 g/mol. The maximum absolute atomic E-state index is 5.25. The normalized spacial score (nSPS) is 20.9. The van der Waals surface area contributed by atoms with E-state index in [1.807, 2.05) is 20.9 Å². The zero-order valence-electron chi connectivity index (χ0n) is 15.9. The van der Waals surface area contributed by atoms with Crippen LogP contribution in [0.1, 0.15) is 55.5 Å². The number of aryl methyl sites for hydroxylation is 2. The maximum atomic E-state index is 5.25. The highest BCUT2D eigenvalue weighted by atomic mass is 32.2. The molecule has 2 fully saturated rings. The summed E-state index contributed by atoms with van der Waals surface area (Å²) in [7, 11) is 1.91. The quantitative estimate of drug-likeness (QED) is 0.503. The van der Waals surface area contributed by atoms with Gasteiger partial charge in [0.25, 0.3) is 0 Å². The van der Waals surface area contributed by atoms with Crippen LogP contribution in [0.4, 0.5) is 0 Å². The minimum Gasteiger partial charge on any atom is -0.361 e. The summed E-state index contributed by atoms with van der Waals surface area (Å²) in [6, 6.07) is 0. The predicted octanol–water partition coefficient (Wildman–Crippen LogP) is 3.55. The Hall–Kier alpha value is -1.17. The van der Waals surface area contributed by atoms with Crippen LogP contribution in [-0.2, 0) is 6.42 Å². The van der Waals surface area contributed by atoms with Crippen molar-refractivity contribution in [1.29, 1.82) is 0 Å². The Morgan fingerprint density at radius 2 is 2.12 bits per heavy atom. The standard InChI is InChI=1S/C19H32N4OS/c1-15-17(16(2)24-22-15)8-7-11-21-18(20-3)23-12-13-25-19(14-23)9-5-4-6-10-19/h4-14H2,1-3H3,(H,20,21). The first kappa shape index (κ1) is 18.6. The number of thioether (sulfide) groups is 1. The SMILES string of the molecule is CN=C(NCCCc1c(C)noc1C)N1CCSC2(CCCCC2)C1. The van der Waals surface area contributed by atoms with Crippen molar-refractivity contribution in [3.8, 4) is 0 Å². The molecule has 25 heavy (non-hydrogen) atoms. The van der Waals surface area contributed by atoms with Gasteiger partial charge in [-0.05, 0) is 39.5 Å². The molecule has 1 aromatic heterocycles. The van der Waals surface area contributed by atoms with Gasteiger partial charge >= 0.3 is 0 Å². The van der Waals surface area contributed by atoms with Gasteiger partial charge in [-0.15, -0.1) is 0 Å². The van der Waals surface area contributed by atoms with Crippen molar-refractivity contribution >= 4 is 17.7 Å². The van der Waals surface area contributed by atoms with Crippen LogP contribution in [0.3, 0.4) is 0 Å². The highest BCUT2D eigenvalue weighted by Crippen LogP contribution is 2.42. The Morgan fingerprint density at radius 1 is 1.32 bits per heavy atom. The van der Waals surface area contributed by atoms with E-state index in [-0.39, 0.29) is 0 Å². The molecule has 0 unspecified atom stereocenters. The Labute approximate surface area is 156 Å². The van der Waals surface area contributed by atoms with E-state index in [1.165, 1.54) is 43.4 Å². The lowest BCUT2D eigenvalue weighted by Crippen LogP contribution is -2.53. The van der Waals surface area contributed by atoms with Gasteiger partial charge in [-0.2, -0.15) is 11.8 Å².